The van der Waals surface area contributed by atoms with Gasteiger partial charge in [0.25, 0.3) is 10.2 Å². The van der Waals surface area contributed by atoms with Crippen LogP contribution < -0.4 is 4.72 Å². The second kappa shape index (κ2) is 7.81. The van der Waals surface area contributed by atoms with Crippen molar-refractivity contribution in [3.05, 3.63) is 28.8 Å². The molecule has 1 unspecified atom stereocenters. The zero-order valence-corrected chi connectivity index (χ0v) is 15.1. The van der Waals surface area contributed by atoms with Gasteiger partial charge in [0.15, 0.2) is 0 Å². The monoisotopic (exact) mass is 361 g/mol. The Bertz CT molecular complexity index is 637. The summed E-state index contributed by atoms with van der Waals surface area (Å²) in [5.74, 6) is 0.385. The third-order valence-corrected chi connectivity index (χ3v) is 5.85. The Kier molecular flexibility index (Phi) is 6.27. The van der Waals surface area contributed by atoms with Crippen LogP contribution in [0.1, 0.15) is 18.4 Å². The highest BCUT2D eigenvalue weighted by Crippen LogP contribution is 2.25. The summed E-state index contributed by atoms with van der Waals surface area (Å²) in [6.45, 7) is 3.02. The van der Waals surface area contributed by atoms with E-state index >= 15 is 0 Å². The molecule has 1 heterocycles. The van der Waals surface area contributed by atoms with Gasteiger partial charge in [-0.05, 0) is 43.0 Å². The van der Waals surface area contributed by atoms with Gasteiger partial charge < -0.3 is 5.11 Å². The van der Waals surface area contributed by atoms with Gasteiger partial charge >= 0.3 is 0 Å². The first-order valence-corrected chi connectivity index (χ1v) is 9.46. The van der Waals surface area contributed by atoms with Crippen molar-refractivity contribution in [2.24, 2.45) is 5.92 Å². The van der Waals surface area contributed by atoms with Crippen LogP contribution in [0, 0.1) is 5.92 Å². The van der Waals surface area contributed by atoms with E-state index in [0.29, 0.717) is 17.5 Å². The van der Waals surface area contributed by atoms with Crippen molar-refractivity contribution in [2.45, 2.75) is 19.4 Å². The van der Waals surface area contributed by atoms with Gasteiger partial charge in [0, 0.05) is 33.7 Å². The highest BCUT2D eigenvalue weighted by molar-refractivity contribution is 7.87. The van der Waals surface area contributed by atoms with Gasteiger partial charge in [-0.2, -0.15) is 12.7 Å². The van der Waals surface area contributed by atoms with Gasteiger partial charge in [-0.1, -0.05) is 17.7 Å². The number of hydrogen-bond acceptors (Lipinski definition) is 4. The zero-order valence-electron chi connectivity index (χ0n) is 13.5. The second-order valence-electron chi connectivity index (χ2n) is 6.17. The number of nitrogens with one attached hydrogen (secondary N) is 1. The Morgan fingerprint density at radius 1 is 1.43 bits per heavy atom. The molecule has 1 aliphatic rings. The average Bonchev–Trinajstić information content (AvgIpc) is 2.49. The molecule has 1 saturated heterocycles. The Hall–Kier alpha value is -0.860. The quantitative estimate of drug-likeness (QED) is 0.808. The normalized spacial score (nSPS) is 20.1. The fourth-order valence-electron chi connectivity index (χ4n) is 2.72. The van der Waals surface area contributed by atoms with Crippen molar-refractivity contribution >= 4 is 21.8 Å². The number of benzene rings is 1. The molecule has 1 fully saturated rings. The van der Waals surface area contributed by atoms with Gasteiger partial charge in [0.2, 0.25) is 0 Å². The molecule has 0 aromatic heterocycles. The van der Waals surface area contributed by atoms with Crippen LogP contribution in [0.3, 0.4) is 0 Å². The molecule has 2 rings (SSSR count). The van der Waals surface area contributed by atoms with Crippen LogP contribution in [0.5, 0.6) is 5.75 Å². The Balaban J connectivity index is 1.89. The van der Waals surface area contributed by atoms with Crippen molar-refractivity contribution in [3.63, 3.8) is 0 Å². The summed E-state index contributed by atoms with van der Waals surface area (Å²) in [7, 11) is -0.329. The summed E-state index contributed by atoms with van der Waals surface area (Å²) in [5, 5.41) is 9.82. The van der Waals surface area contributed by atoms with Gasteiger partial charge in [-0.3, -0.25) is 4.90 Å². The predicted molar refractivity (Wildman–Crippen MR) is 91.7 cm³/mol. The summed E-state index contributed by atoms with van der Waals surface area (Å²) in [4.78, 5) is 2.29. The van der Waals surface area contributed by atoms with Gasteiger partial charge in [0.1, 0.15) is 5.75 Å². The maximum Gasteiger partial charge on any atom is 0.278 e. The smallest absolute Gasteiger partial charge is 0.278 e. The van der Waals surface area contributed by atoms with Crippen LogP contribution in [0.15, 0.2) is 18.2 Å². The lowest BCUT2D eigenvalue weighted by molar-refractivity contribution is 0.168. The van der Waals surface area contributed by atoms with Gasteiger partial charge in [0.05, 0.1) is 5.02 Å². The van der Waals surface area contributed by atoms with Crippen molar-refractivity contribution in [3.8, 4) is 5.75 Å². The molecule has 1 aliphatic heterocycles. The first-order chi connectivity index (χ1) is 10.8. The molecule has 2 N–H and O–H groups in total. The SMILES string of the molecule is CN(C)S(=O)(=O)NCC1CCCN(Cc2ccc(O)c(Cl)c2)C1. The number of piperidine rings is 1. The number of phenolic OH excluding ortho intramolecular Hbond substituents is 1. The number of hydrogen-bond donors (Lipinski definition) is 2. The number of nitrogens with zero attached hydrogens (tertiary/aromatic N) is 2. The van der Waals surface area contributed by atoms with E-state index in [2.05, 4.69) is 9.62 Å². The molecule has 0 saturated carbocycles. The van der Waals surface area contributed by atoms with E-state index in [1.54, 1.807) is 12.1 Å². The number of aromatic hydroxyl groups is 1. The molecule has 1 aromatic rings. The molecule has 130 valence electrons. The summed E-state index contributed by atoms with van der Waals surface area (Å²) < 4.78 is 27.4. The Morgan fingerprint density at radius 2 is 2.17 bits per heavy atom. The molecular weight excluding hydrogens is 338 g/mol. The molecule has 0 radical (unpaired) electrons. The third-order valence-electron chi connectivity index (χ3n) is 4.06. The molecule has 0 aliphatic carbocycles. The summed E-state index contributed by atoms with van der Waals surface area (Å²) in [5.41, 5.74) is 1.04. The summed E-state index contributed by atoms with van der Waals surface area (Å²) in [6, 6.07) is 5.24. The molecule has 1 aromatic carbocycles. The van der Waals surface area contributed by atoms with E-state index < -0.39 is 10.2 Å². The topological polar surface area (TPSA) is 72.9 Å². The van der Waals surface area contributed by atoms with Crippen LogP contribution in [-0.4, -0.2) is 56.5 Å². The van der Waals surface area contributed by atoms with Crippen molar-refractivity contribution in [1.29, 1.82) is 0 Å². The standard InChI is InChI=1S/C15H24ClN3O3S/c1-18(2)23(21,22)17-9-13-4-3-7-19(11-13)10-12-5-6-15(20)14(16)8-12/h5-6,8,13,17,20H,3-4,7,9-11H2,1-2H3. The van der Waals surface area contributed by atoms with Crippen molar-refractivity contribution in [2.75, 3.05) is 33.7 Å². The van der Waals surface area contributed by atoms with Crippen LogP contribution in [0.2, 0.25) is 5.02 Å². The second-order valence-corrected chi connectivity index (χ2v) is 8.54. The Morgan fingerprint density at radius 3 is 2.83 bits per heavy atom. The maximum absolute atomic E-state index is 11.8. The van der Waals surface area contributed by atoms with Crippen LogP contribution in [0.25, 0.3) is 0 Å². The number of halogens is 1. The van der Waals surface area contributed by atoms with E-state index in [1.165, 1.54) is 18.4 Å². The lowest BCUT2D eigenvalue weighted by atomic mass is 9.98. The minimum atomic E-state index is -3.36. The van der Waals surface area contributed by atoms with E-state index in [9.17, 15) is 13.5 Å². The lowest BCUT2D eigenvalue weighted by Crippen LogP contribution is -2.43. The maximum atomic E-state index is 11.8. The predicted octanol–water partition coefficient (Wildman–Crippen LogP) is 1.65. The average molecular weight is 362 g/mol. The molecule has 6 nitrogen and oxygen atoms in total. The minimum Gasteiger partial charge on any atom is -0.506 e. The van der Waals surface area contributed by atoms with Gasteiger partial charge in [-0.15, -0.1) is 0 Å². The summed E-state index contributed by atoms with van der Waals surface area (Å²) in [6.07, 6.45) is 2.06. The highest BCUT2D eigenvalue weighted by Gasteiger charge is 2.22. The van der Waals surface area contributed by atoms with Crippen molar-refractivity contribution in [1.82, 2.24) is 13.9 Å². The van der Waals surface area contributed by atoms with E-state index in [-0.39, 0.29) is 5.75 Å². The molecule has 1 atom stereocenters. The summed E-state index contributed by atoms with van der Waals surface area (Å²) >= 11 is 5.94. The van der Waals surface area contributed by atoms with Crippen LogP contribution >= 0.6 is 11.6 Å². The number of phenols is 1. The van der Waals surface area contributed by atoms with Crippen molar-refractivity contribution < 1.29 is 13.5 Å². The van der Waals surface area contributed by atoms with Gasteiger partial charge in [-0.25, -0.2) is 4.72 Å². The molecule has 0 spiro atoms. The molecule has 8 heteroatoms. The zero-order chi connectivity index (χ0) is 17.0. The van der Waals surface area contributed by atoms with E-state index in [0.717, 1.165) is 38.0 Å². The van der Waals surface area contributed by atoms with Crippen LogP contribution in [-0.2, 0) is 16.8 Å². The van der Waals surface area contributed by atoms with Crippen LogP contribution in [0.4, 0.5) is 0 Å². The molecular formula is C15H24ClN3O3S. The molecule has 0 amide bonds. The Labute approximate surface area is 143 Å². The fourth-order valence-corrected chi connectivity index (χ4v) is 3.63. The minimum absolute atomic E-state index is 0.0880. The highest BCUT2D eigenvalue weighted by atomic mass is 35.5. The fraction of sp³-hybridized carbons (Fsp3) is 0.600. The molecule has 0 bridgehead atoms. The number of likely N-dealkylation sites (tertiary alicyclic amines) is 1. The largest absolute Gasteiger partial charge is 0.506 e. The third kappa shape index (κ3) is 5.32. The lowest BCUT2D eigenvalue weighted by Gasteiger charge is -2.33. The first kappa shape index (κ1) is 18.5. The first-order valence-electron chi connectivity index (χ1n) is 7.65. The van der Waals surface area contributed by atoms with E-state index in [4.69, 9.17) is 11.6 Å². The molecule has 23 heavy (non-hydrogen) atoms. The number of rotatable bonds is 6. The van der Waals surface area contributed by atoms with E-state index in [1.807, 2.05) is 6.07 Å².